The van der Waals surface area contributed by atoms with E-state index >= 15 is 0 Å². The van der Waals surface area contributed by atoms with E-state index in [2.05, 4.69) is 15.3 Å². The van der Waals surface area contributed by atoms with E-state index in [0.29, 0.717) is 50.0 Å². The van der Waals surface area contributed by atoms with Crippen molar-refractivity contribution in [1.82, 2.24) is 20.2 Å². The van der Waals surface area contributed by atoms with Gasteiger partial charge in [0, 0.05) is 37.3 Å². The molecule has 1 saturated heterocycles. The minimum absolute atomic E-state index is 0.0848. The van der Waals surface area contributed by atoms with Crippen molar-refractivity contribution in [3.05, 3.63) is 47.3 Å². The third-order valence-electron chi connectivity index (χ3n) is 5.26. The smallest absolute Gasteiger partial charge is 0.410 e. The van der Waals surface area contributed by atoms with Crippen LogP contribution in [0.5, 0.6) is 5.75 Å². The highest BCUT2D eigenvalue weighted by molar-refractivity contribution is 5.96. The molecular weight excluding hydrogens is 446 g/mol. The van der Waals surface area contributed by atoms with Crippen LogP contribution in [-0.2, 0) is 11.3 Å². The summed E-state index contributed by atoms with van der Waals surface area (Å²) in [5.41, 5.74) is 1.71. The fourth-order valence-corrected chi connectivity index (χ4v) is 3.61. The standard InChI is InChI=1S/C26H37N5O4/c1-18-14-19(8-9-21(18)22(32)29-25(2,3)4)17-34-20-15-27-23(28-16-20)30-10-12-31(13-11-30)24(33)35-26(5,6)7/h8-9,14-16H,10-13,17H2,1-7H3,(H,29,32). The van der Waals surface area contributed by atoms with Gasteiger partial charge in [-0.1, -0.05) is 12.1 Å². The number of amides is 2. The van der Waals surface area contributed by atoms with Crippen molar-refractivity contribution in [2.75, 3.05) is 31.1 Å². The van der Waals surface area contributed by atoms with Crippen molar-refractivity contribution >= 4 is 17.9 Å². The third kappa shape index (κ3) is 7.83. The molecular formula is C26H37N5O4. The molecule has 0 atom stereocenters. The highest BCUT2D eigenvalue weighted by atomic mass is 16.6. The Labute approximate surface area is 207 Å². The lowest BCUT2D eigenvalue weighted by Crippen LogP contribution is -2.50. The number of aryl methyl sites for hydroxylation is 1. The number of ether oxygens (including phenoxy) is 2. The predicted molar refractivity (Wildman–Crippen MR) is 135 cm³/mol. The quantitative estimate of drug-likeness (QED) is 0.688. The second-order valence-electron chi connectivity index (χ2n) is 10.8. The molecule has 9 nitrogen and oxygen atoms in total. The van der Waals surface area contributed by atoms with Crippen molar-refractivity contribution in [3.63, 3.8) is 0 Å². The molecule has 1 fully saturated rings. The van der Waals surface area contributed by atoms with Gasteiger partial charge in [0.25, 0.3) is 5.91 Å². The molecule has 9 heteroatoms. The molecule has 2 heterocycles. The molecule has 1 aliphatic rings. The zero-order chi connectivity index (χ0) is 25.8. The molecule has 3 rings (SSSR count). The number of piperazine rings is 1. The summed E-state index contributed by atoms with van der Waals surface area (Å²) in [6.07, 6.45) is 3.01. The summed E-state index contributed by atoms with van der Waals surface area (Å²) in [5.74, 6) is 1.08. The van der Waals surface area contributed by atoms with Gasteiger partial charge in [-0.3, -0.25) is 4.79 Å². The zero-order valence-corrected chi connectivity index (χ0v) is 21.8. The summed E-state index contributed by atoms with van der Waals surface area (Å²) in [6, 6.07) is 5.67. The van der Waals surface area contributed by atoms with Gasteiger partial charge in [-0.05, 0) is 65.7 Å². The maximum Gasteiger partial charge on any atom is 0.410 e. The Kier molecular flexibility index (Phi) is 7.87. The topological polar surface area (TPSA) is 96.9 Å². The first-order valence-corrected chi connectivity index (χ1v) is 11.9. The molecule has 1 aromatic heterocycles. The minimum atomic E-state index is -0.505. The van der Waals surface area contributed by atoms with Gasteiger partial charge >= 0.3 is 6.09 Å². The van der Waals surface area contributed by atoms with Gasteiger partial charge in [0.15, 0.2) is 5.75 Å². The number of nitrogens with zero attached hydrogens (tertiary/aromatic N) is 4. The molecule has 0 aliphatic carbocycles. The van der Waals surface area contributed by atoms with Gasteiger partial charge in [-0.25, -0.2) is 14.8 Å². The number of aromatic nitrogens is 2. The second kappa shape index (κ2) is 10.5. The van der Waals surface area contributed by atoms with E-state index in [0.717, 1.165) is 11.1 Å². The molecule has 190 valence electrons. The van der Waals surface area contributed by atoms with Crippen LogP contribution in [0, 0.1) is 6.92 Å². The van der Waals surface area contributed by atoms with Crippen LogP contribution < -0.4 is 15.0 Å². The normalized spacial score (nSPS) is 14.5. The van der Waals surface area contributed by atoms with Crippen LogP contribution in [0.3, 0.4) is 0 Å². The Balaban J connectivity index is 1.51. The largest absolute Gasteiger partial charge is 0.486 e. The molecule has 35 heavy (non-hydrogen) atoms. The van der Waals surface area contributed by atoms with Gasteiger partial charge < -0.3 is 24.6 Å². The van der Waals surface area contributed by atoms with Crippen LogP contribution in [0.1, 0.15) is 63.0 Å². The first kappa shape index (κ1) is 26.2. The number of benzene rings is 1. The highest BCUT2D eigenvalue weighted by Crippen LogP contribution is 2.18. The maximum atomic E-state index is 12.5. The fraction of sp³-hybridized carbons (Fsp3) is 0.538. The SMILES string of the molecule is Cc1cc(COc2cnc(N3CCN(C(=O)OC(C)(C)C)CC3)nc2)ccc1C(=O)NC(C)(C)C. The average Bonchev–Trinajstić information content (AvgIpc) is 2.76. The van der Waals surface area contributed by atoms with Crippen molar-refractivity contribution in [1.29, 1.82) is 0 Å². The van der Waals surface area contributed by atoms with Gasteiger partial charge in [0.2, 0.25) is 5.95 Å². The Bertz CT molecular complexity index is 1030. The Morgan fingerprint density at radius 1 is 1.00 bits per heavy atom. The highest BCUT2D eigenvalue weighted by Gasteiger charge is 2.26. The molecule has 0 spiro atoms. The summed E-state index contributed by atoms with van der Waals surface area (Å²) in [5, 5.41) is 2.99. The summed E-state index contributed by atoms with van der Waals surface area (Å²) in [7, 11) is 0. The lowest BCUT2D eigenvalue weighted by atomic mass is 10.0. The minimum Gasteiger partial charge on any atom is -0.486 e. The van der Waals surface area contributed by atoms with Crippen LogP contribution in [0.15, 0.2) is 30.6 Å². The summed E-state index contributed by atoms with van der Waals surface area (Å²) >= 11 is 0. The van der Waals surface area contributed by atoms with Crippen LogP contribution >= 0.6 is 0 Å². The van der Waals surface area contributed by atoms with E-state index in [9.17, 15) is 9.59 Å². The number of carbonyl (C=O) groups is 2. The first-order valence-electron chi connectivity index (χ1n) is 11.9. The first-order chi connectivity index (χ1) is 16.3. The van der Waals surface area contributed by atoms with Crippen LogP contribution in [-0.4, -0.2) is 64.2 Å². The molecule has 2 amide bonds. The zero-order valence-electron chi connectivity index (χ0n) is 21.8. The lowest BCUT2D eigenvalue weighted by molar-refractivity contribution is 0.0240. The van der Waals surface area contributed by atoms with E-state index < -0.39 is 5.60 Å². The van der Waals surface area contributed by atoms with E-state index in [1.165, 1.54) is 0 Å². The summed E-state index contributed by atoms with van der Waals surface area (Å²) < 4.78 is 11.3. The molecule has 1 N–H and O–H groups in total. The number of hydrogen-bond donors (Lipinski definition) is 1. The van der Waals surface area contributed by atoms with Crippen LogP contribution in [0.2, 0.25) is 0 Å². The van der Waals surface area contributed by atoms with Crippen molar-refractivity contribution < 1.29 is 19.1 Å². The number of rotatable bonds is 5. The van der Waals surface area contributed by atoms with E-state index in [4.69, 9.17) is 9.47 Å². The van der Waals surface area contributed by atoms with Crippen LogP contribution in [0.4, 0.5) is 10.7 Å². The molecule has 0 unspecified atom stereocenters. The fourth-order valence-electron chi connectivity index (χ4n) is 3.61. The summed E-state index contributed by atoms with van der Waals surface area (Å²) in [4.78, 5) is 37.3. The van der Waals surface area contributed by atoms with Crippen molar-refractivity contribution in [2.45, 2.75) is 66.2 Å². The lowest BCUT2D eigenvalue weighted by Gasteiger charge is -2.35. The number of carbonyl (C=O) groups excluding carboxylic acids is 2. The summed E-state index contributed by atoms with van der Waals surface area (Å²) in [6.45, 7) is 16.1. The molecule has 0 bridgehead atoms. The Morgan fingerprint density at radius 2 is 1.63 bits per heavy atom. The van der Waals surface area contributed by atoms with Gasteiger partial charge in [-0.2, -0.15) is 0 Å². The van der Waals surface area contributed by atoms with Gasteiger partial charge in [0.1, 0.15) is 12.2 Å². The molecule has 2 aromatic rings. The molecule has 0 radical (unpaired) electrons. The Morgan fingerprint density at radius 3 is 2.17 bits per heavy atom. The number of hydrogen-bond acceptors (Lipinski definition) is 7. The van der Waals surface area contributed by atoms with Gasteiger partial charge in [0.05, 0.1) is 12.4 Å². The predicted octanol–water partition coefficient (Wildman–Crippen LogP) is 3.95. The van der Waals surface area contributed by atoms with E-state index in [1.807, 2.05) is 71.6 Å². The van der Waals surface area contributed by atoms with E-state index in [1.54, 1.807) is 17.3 Å². The molecule has 1 aliphatic heterocycles. The van der Waals surface area contributed by atoms with Gasteiger partial charge in [-0.15, -0.1) is 0 Å². The average molecular weight is 484 g/mol. The Hall–Kier alpha value is -3.36. The molecule has 1 aromatic carbocycles. The van der Waals surface area contributed by atoms with E-state index in [-0.39, 0.29) is 17.5 Å². The second-order valence-corrected chi connectivity index (χ2v) is 10.8. The van der Waals surface area contributed by atoms with Crippen LogP contribution in [0.25, 0.3) is 0 Å². The monoisotopic (exact) mass is 483 g/mol. The van der Waals surface area contributed by atoms with Crippen molar-refractivity contribution in [2.24, 2.45) is 0 Å². The number of nitrogens with one attached hydrogen (secondary N) is 1. The maximum absolute atomic E-state index is 12.5. The van der Waals surface area contributed by atoms with Crippen molar-refractivity contribution in [3.8, 4) is 5.75 Å². The third-order valence-corrected chi connectivity index (χ3v) is 5.26. The number of anilines is 1. The molecule has 0 saturated carbocycles.